The summed E-state index contributed by atoms with van der Waals surface area (Å²) >= 11 is 0. The van der Waals surface area contributed by atoms with Gasteiger partial charge in [-0.1, -0.05) is 6.92 Å². The van der Waals surface area contributed by atoms with E-state index in [-0.39, 0.29) is 0 Å². The van der Waals surface area contributed by atoms with Crippen LogP contribution in [-0.4, -0.2) is 23.6 Å². The lowest BCUT2D eigenvalue weighted by Gasteiger charge is -2.11. The van der Waals surface area contributed by atoms with Gasteiger partial charge in [0, 0.05) is 5.69 Å². The molecule has 2 rings (SSSR count). The summed E-state index contributed by atoms with van der Waals surface area (Å²) in [5.74, 6) is -0.755. The van der Waals surface area contributed by atoms with E-state index in [2.05, 4.69) is 5.32 Å². The van der Waals surface area contributed by atoms with Gasteiger partial charge in [-0.2, -0.15) is 0 Å². The van der Waals surface area contributed by atoms with Crippen LogP contribution in [0.25, 0.3) is 0 Å². The molecule has 0 saturated heterocycles. The van der Waals surface area contributed by atoms with Gasteiger partial charge in [0.2, 0.25) is 5.91 Å². The van der Waals surface area contributed by atoms with Gasteiger partial charge in [0.25, 0.3) is 0 Å². The minimum atomic E-state index is -1.21. The molecule has 0 bridgehead atoms. The lowest BCUT2D eigenvalue weighted by Crippen LogP contribution is -2.31. The molecule has 1 aromatic carbocycles. The Morgan fingerprint density at radius 3 is 2.42 bits per heavy atom. The molecule has 0 atom stereocenters. The van der Waals surface area contributed by atoms with Crippen molar-refractivity contribution in [2.75, 3.05) is 11.9 Å². The van der Waals surface area contributed by atoms with Crippen LogP contribution in [0.3, 0.4) is 0 Å². The SMILES string of the molecule is CCCOc1ccc(NC(=O)C2(C(=O)O)CC2)cc1. The molecule has 2 N–H and O–H groups in total. The van der Waals surface area contributed by atoms with Gasteiger partial charge in [0.15, 0.2) is 0 Å². The van der Waals surface area contributed by atoms with Gasteiger partial charge in [0.05, 0.1) is 6.61 Å². The largest absolute Gasteiger partial charge is 0.494 e. The Kier molecular flexibility index (Phi) is 3.74. The van der Waals surface area contributed by atoms with Gasteiger partial charge in [-0.15, -0.1) is 0 Å². The smallest absolute Gasteiger partial charge is 0.319 e. The normalized spacial score (nSPS) is 15.6. The molecular weight excluding hydrogens is 246 g/mol. The zero-order valence-electron chi connectivity index (χ0n) is 10.8. The lowest BCUT2D eigenvalue weighted by atomic mass is 10.1. The topological polar surface area (TPSA) is 75.6 Å². The van der Waals surface area contributed by atoms with Gasteiger partial charge in [-0.3, -0.25) is 9.59 Å². The third-order valence-electron chi connectivity index (χ3n) is 3.18. The number of carboxylic acid groups (broad SMARTS) is 1. The van der Waals surface area contributed by atoms with Crippen LogP contribution in [0, 0.1) is 5.41 Å². The van der Waals surface area contributed by atoms with Crippen molar-refractivity contribution in [3.05, 3.63) is 24.3 Å². The zero-order chi connectivity index (χ0) is 13.9. The van der Waals surface area contributed by atoms with Crippen LogP contribution in [0.4, 0.5) is 5.69 Å². The molecule has 0 aliphatic heterocycles. The predicted molar refractivity (Wildman–Crippen MR) is 70.2 cm³/mol. The molecule has 1 saturated carbocycles. The van der Waals surface area contributed by atoms with Crippen molar-refractivity contribution in [2.45, 2.75) is 26.2 Å². The highest BCUT2D eigenvalue weighted by Gasteiger charge is 2.57. The molecule has 1 aliphatic rings. The average Bonchev–Trinajstić information content (AvgIpc) is 3.19. The van der Waals surface area contributed by atoms with Crippen molar-refractivity contribution >= 4 is 17.6 Å². The number of benzene rings is 1. The fraction of sp³-hybridized carbons (Fsp3) is 0.429. The fourth-order valence-electron chi connectivity index (χ4n) is 1.77. The van der Waals surface area contributed by atoms with E-state index in [1.54, 1.807) is 24.3 Å². The van der Waals surface area contributed by atoms with E-state index in [4.69, 9.17) is 9.84 Å². The highest BCUT2D eigenvalue weighted by atomic mass is 16.5. The molecule has 0 aromatic heterocycles. The molecule has 1 aromatic rings. The minimum Gasteiger partial charge on any atom is -0.494 e. The maximum Gasteiger partial charge on any atom is 0.319 e. The molecule has 0 unspecified atom stereocenters. The second kappa shape index (κ2) is 5.30. The Labute approximate surface area is 111 Å². The molecule has 5 heteroatoms. The number of carbonyl (C=O) groups is 2. The van der Waals surface area contributed by atoms with Crippen LogP contribution in [0.5, 0.6) is 5.75 Å². The molecule has 0 radical (unpaired) electrons. The number of aliphatic carboxylic acids is 1. The van der Waals surface area contributed by atoms with Crippen LogP contribution in [0.15, 0.2) is 24.3 Å². The van der Waals surface area contributed by atoms with Crippen LogP contribution < -0.4 is 10.1 Å². The van der Waals surface area contributed by atoms with E-state index in [1.165, 1.54) is 0 Å². The summed E-state index contributed by atoms with van der Waals surface area (Å²) in [7, 11) is 0. The predicted octanol–water partition coefficient (Wildman–Crippen LogP) is 2.28. The molecule has 1 aliphatic carbocycles. The van der Waals surface area contributed by atoms with E-state index in [1.807, 2.05) is 6.92 Å². The van der Waals surface area contributed by atoms with Gasteiger partial charge in [0.1, 0.15) is 11.2 Å². The van der Waals surface area contributed by atoms with E-state index in [0.717, 1.165) is 12.2 Å². The van der Waals surface area contributed by atoms with Crippen LogP contribution in [0.2, 0.25) is 0 Å². The molecule has 19 heavy (non-hydrogen) atoms. The van der Waals surface area contributed by atoms with Crippen molar-refractivity contribution in [2.24, 2.45) is 5.41 Å². The number of carbonyl (C=O) groups excluding carboxylic acids is 1. The van der Waals surface area contributed by atoms with Gasteiger partial charge < -0.3 is 15.2 Å². The zero-order valence-corrected chi connectivity index (χ0v) is 10.8. The molecule has 1 amide bonds. The summed E-state index contributed by atoms with van der Waals surface area (Å²) in [6, 6.07) is 6.93. The molecule has 0 heterocycles. The van der Waals surface area contributed by atoms with Crippen molar-refractivity contribution < 1.29 is 19.4 Å². The summed E-state index contributed by atoms with van der Waals surface area (Å²) in [5.41, 5.74) is -0.626. The summed E-state index contributed by atoms with van der Waals surface area (Å²) in [6.45, 7) is 2.67. The Morgan fingerprint density at radius 2 is 1.95 bits per heavy atom. The number of ether oxygens (including phenoxy) is 1. The quantitative estimate of drug-likeness (QED) is 0.772. The van der Waals surface area contributed by atoms with Crippen molar-refractivity contribution in [1.82, 2.24) is 0 Å². The standard InChI is InChI=1S/C14H17NO4/c1-2-9-19-11-5-3-10(4-6-11)15-12(16)14(7-8-14)13(17)18/h3-6H,2,7-9H2,1H3,(H,15,16)(H,17,18). The second-order valence-corrected chi connectivity index (χ2v) is 4.71. The third-order valence-corrected chi connectivity index (χ3v) is 3.18. The number of nitrogens with one attached hydrogen (secondary N) is 1. The van der Waals surface area contributed by atoms with Crippen molar-refractivity contribution in [3.63, 3.8) is 0 Å². The number of rotatable bonds is 6. The van der Waals surface area contributed by atoms with E-state index >= 15 is 0 Å². The van der Waals surface area contributed by atoms with Crippen LogP contribution in [0.1, 0.15) is 26.2 Å². The molecule has 5 nitrogen and oxygen atoms in total. The van der Waals surface area contributed by atoms with Gasteiger partial charge in [-0.25, -0.2) is 0 Å². The third kappa shape index (κ3) is 2.86. The minimum absolute atomic E-state index is 0.409. The Bertz CT molecular complexity index is 477. The van der Waals surface area contributed by atoms with E-state index < -0.39 is 17.3 Å². The number of anilines is 1. The fourth-order valence-corrected chi connectivity index (χ4v) is 1.77. The Morgan fingerprint density at radius 1 is 1.32 bits per heavy atom. The molecule has 0 spiro atoms. The summed E-state index contributed by atoms with van der Waals surface area (Å²) in [5, 5.41) is 11.6. The van der Waals surface area contributed by atoms with Gasteiger partial charge in [-0.05, 0) is 43.5 Å². The number of amides is 1. The number of carboxylic acids is 1. The first-order valence-corrected chi connectivity index (χ1v) is 6.36. The summed E-state index contributed by atoms with van der Waals surface area (Å²) < 4.78 is 5.43. The van der Waals surface area contributed by atoms with Crippen LogP contribution in [-0.2, 0) is 9.59 Å². The number of hydrogen-bond acceptors (Lipinski definition) is 3. The second-order valence-electron chi connectivity index (χ2n) is 4.71. The monoisotopic (exact) mass is 263 g/mol. The summed E-state index contributed by atoms with van der Waals surface area (Å²) in [6.07, 6.45) is 1.75. The highest BCUT2D eigenvalue weighted by Crippen LogP contribution is 2.46. The van der Waals surface area contributed by atoms with Crippen LogP contribution >= 0.6 is 0 Å². The van der Waals surface area contributed by atoms with Crippen molar-refractivity contribution in [3.8, 4) is 5.75 Å². The maximum absolute atomic E-state index is 11.9. The van der Waals surface area contributed by atoms with Gasteiger partial charge >= 0.3 is 5.97 Å². The first-order valence-electron chi connectivity index (χ1n) is 6.36. The van der Waals surface area contributed by atoms with E-state index in [0.29, 0.717) is 25.1 Å². The summed E-state index contributed by atoms with van der Waals surface area (Å²) in [4.78, 5) is 22.9. The molecule has 102 valence electrons. The number of hydrogen-bond donors (Lipinski definition) is 2. The Hall–Kier alpha value is -2.04. The lowest BCUT2D eigenvalue weighted by molar-refractivity contribution is -0.147. The molecule has 1 fully saturated rings. The first-order chi connectivity index (χ1) is 9.08. The van der Waals surface area contributed by atoms with E-state index in [9.17, 15) is 9.59 Å². The molecular formula is C14H17NO4. The maximum atomic E-state index is 11.9. The van der Waals surface area contributed by atoms with Crippen molar-refractivity contribution in [1.29, 1.82) is 0 Å². The average molecular weight is 263 g/mol. The Balaban J connectivity index is 1.96. The highest BCUT2D eigenvalue weighted by molar-refractivity contribution is 6.10. The first kappa shape index (κ1) is 13.4.